The Labute approximate surface area is 105 Å². The first-order valence-electron chi connectivity index (χ1n) is 5.68. The number of nitrogens with one attached hydrogen (secondary N) is 1. The van der Waals surface area contributed by atoms with Gasteiger partial charge in [0.1, 0.15) is 5.69 Å². The lowest BCUT2D eigenvalue weighted by Crippen LogP contribution is -2.46. The summed E-state index contributed by atoms with van der Waals surface area (Å²) in [7, 11) is 0. The number of amides is 1. The maximum atomic E-state index is 12.1. The van der Waals surface area contributed by atoms with E-state index in [4.69, 9.17) is 5.11 Å². The van der Waals surface area contributed by atoms with Gasteiger partial charge in [-0.2, -0.15) is 5.10 Å². The Morgan fingerprint density at radius 2 is 2.28 bits per heavy atom. The summed E-state index contributed by atoms with van der Waals surface area (Å²) in [6.45, 7) is 5.20. The Morgan fingerprint density at radius 3 is 2.94 bits per heavy atom. The van der Waals surface area contributed by atoms with E-state index in [0.29, 0.717) is 11.3 Å². The second kappa shape index (κ2) is 4.38. The van der Waals surface area contributed by atoms with Crippen LogP contribution in [0.4, 0.5) is 0 Å². The number of hydrogen-bond donors (Lipinski definition) is 2. The van der Waals surface area contributed by atoms with E-state index in [1.165, 1.54) is 4.52 Å². The summed E-state index contributed by atoms with van der Waals surface area (Å²) in [6.07, 6.45) is 1.57. The number of aliphatic hydroxyl groups is 1. The number of hydrogen-bond acceptors (Lipinski definition) is 4. The fraction of sp³-hybridized carbons (Fsp3) is 0.417. The molecule has 0 unspecified atom stereocenters. The van der Waals surface area contributed by atoms with Crippen LogP contribution in [0.2, 0.25) is 0 Å². The Morgan fingerprint density at radius 1 is 1.56 bits per heavy atom. The highest BCUT2D eigenvalue weighted by Gasteiger charge is 2.21. The van der Waals surface area contributed by atoms with Crippen LogP contribution in [0.5, 0.6) is 0 Å². The molecule has 0 atom stereocenters. The zero-order chi connectivity index (χ0) is 13.3. The molecular formula is C12H16N4O2. The second-order valence-electron chi connectivity index (χ2n) is 4.88. The third-order valence-electron chi connectivity index (χ3n) is 2.56. The van der Waals surface area contributed by atoms with Gasteiger partial charge in [0, 0.05) is 12.3 Å². The summed E-state index contributed by atoms with van der Waals surface area (Å²) in [5, 5.41) is 16.1. The minimum atomic E-state index is -0.672. The zero-order valence-electron chi connectivity index (χ0n) is 10.6. The molecule has 6 heteroatoms. The summed E-state index contributed by atoms with van der Waals surface area (Å²) in [5.74, 6) is -0.287. The third-order valence-corrected chi connectivity index (χ3v) is 2.56. The molecule has 2 rings (SSSR count). The van der Waals surface area contributed by atoms with Crippen LogP contribution in [0.1, 0.15) is 30.0 Å². The first-order chi connectivity index (χ1) is 8.43. The molecule has 6 nitrogen and oxygen atoms in total. The topological polar surface area (TPSA) is 79.5 Å². The molecule has 0 aliphatic heterocycles. The predicted octanol–water partition coefficient (Wildman–Crippen LogP) is 0.538. The average Bonchev–Trinajstić information content (AvgIpc) is 2.68. The number of rotatable bonds is 3. The molecule has 2 heterocycles. The number of carbonyl (C=O) groups excluding carboxylic acids is 1. The molecular weight excluding hydrogens is 232 g/mol. The molecule has 18 heavy (non-hydrogen) atoms. The van der Waals surface area contributed by atoms with Crippen molar-refractivity contribution in [2.75, 3.05) is 6.61 Å². The summed E-state index contributed by atoms with van der Waals surface area (Å²) < 4.78 is 1.50. The predicted molar refractivity (Wildman–Crippen MR) is 66.4 cm³/mol. The Balaban J connectivity index is 2.39. The van der Waals surface area contributed by atoms with Gasteiger partial charge in [0.25, 0.3) is 5.91 Å². The van der Waals surface area contributed by atoms with Crippen LogP contribution >= 0.6 is 0 Å². The summed E-state index contributed by atoms with van der Waals surface area (Å²) in [4.78, 5) is 16.3. The van der Waals surface area contributed by atoms with E-state index < -0.39 is 5.54 Å². The standard InChI is InChI=1S/C12H16N4O2/c1-8-6-10-13-5-4-9(16(10)15-8)11(18)14-12(2,3)7-17/h4-6,17H,7H2,1-3H3,(H,14,18). The molecule has 0 aromatic carbocycles. The van der Waals surface area contributed by atoms with Crippen molar-refractivity contribution >= 4 is 11.6 Å². The normalized spacial score (nSPS) is 11.8. The summed E-state index contributed by atoms with van der Waals surface area (Å²) in [6, 6.07) is 3.40. The molecule has 0 fully saturated rings. The molecule has 2 aromatic rings. The van der Waals surface area contributed by atoms with Crippen molar-refractivity contribution in [3.63, 3.8) is 0 Å². The van der Waals surface area contributed by atoms with Crippen molar-refractivity contribution in [2.24, 2.45) is 0 Å². The molecule has 0 aliphatic carbocycles. The summed E-state index contributed by atoms with van der Waals surface area (Å²) >= 11 is 0. The van der Waals surface area contributed by atoms with Crippen molar-refractivity contribution in [1.82, 2.24) is 19.9 Å². The molecule has 0 saturated heterocycles. The lowest BCUT2D eigenvalue weighted by Gasteiger charge is -2.23. The number of carbonyl (C=O) groups is 1. The van der Waals surface area contributed by atoms with E-state index in [1.54, 1.807) is 32.2 Å². The van der Waals surface area contributed by atoms with Gasteiger partial charge in [-0.1, -0.05) is 0 Å². The molecule has 0 bridgehead atoms. The van der Waals surface area contributed by atoms with Crippen LogP contribution in [-0.4, -0.2) is 37.8 Å². The fourth-order valence-corrected chi connectivity index (χ4v) is 1.59. The maximum absolute atomic E-state index is 12.1. The van der Waals surface area contributed by atoms with Gasteiger partial charge in [-0.15, -0.1) is 0 Å². The lowest BCUT2D eigenvalue weighted by atomic mass is 10.1. The first kappa shape index (κ1) is 12.5. The van der Waals surface area contributed by atoms with Crippen LogP contribution < -0.4 is 5.32 Å². The Kier molecular flexibility index (Phi) is 3.04. The molecule has 0 radical (unpaired) electrons. The molecule has 96 valence electrons. The monoisotopic (exact) mass is 248 g/mol. The van der Waals surface area contributed by atoms with Crippen molar-refractivity contribution in [3.8, 4) is 0 Å². The number of aromatic nitrogens is 3. The van der Waals surface area contributed by atoms with Crippen LogP contribution in [0, 0.1) is 6.92 Å². The van der Waals surface area contributed by atoms with Crippen LogP contribution in [0.3, 0.4) is 0 Å². The Bertz CT molecular complexity index is 589. The fourth-order valence-electron chi connectivity index (χ4n) is 1.59. The molecule has 1 amide bonds. The van der Waals surface area contributed by atoms with Crippen LogP contribution in [0.15, 0.2) is 18.3 Å². The average molecular weight is 248 g/mol. The number of aliphatic hydroxyl groups excluding tert-OH is 1. The van der Waals surface area contributed by atoms with E-state index in [1.807, 2.05) is 6.92 Å². The summed E-state index contributed by atoms with van der Waals surface area (Å²) in [5.41, 5.74) is 1.15. The van der Waals surface area contributed by atoms with Crippen LogP contribution in [0.25, 0.3) is 5.65 Å². The third kappa shape index (κ3) is 2.33. The van der Waals surface area contributed by atoms with Crippen molar-refractivity contribution < 1.29 is 9.90 Å². The van der Waals surface area contributed by atoms with E-state index in [-0.39, 0.29) is 12.5 Å². The van der Waals surface area contributed by atoms with Crippen molar-refractivity contribution in [2.45, 2.75) is 26.3 Å². The van der Waals surface area contributed by atoms with Gasteiger partial charge >= 0.3 is 0 Å². The highest BCUT2D eigenvalue weighted by Crippen LogP contribution is 2.08. The first-order valence-corrected chi connectivity index (χ1v) is 5.68. The van der Waals surface area contributed by atoms with E-state index in [9.17, 15) is 4.79 Å². The van der Waals surface area contributed by atoms with Crippen LogP contribution in [-0.2, 0) is 0 Å². The van der Waals surface area contributed by atoms with Gasteiger partial charge in [-0.3, -0.25) is 4.79 Å². The van der Waals surface area contributed by atoms with E-state index >= 15 is 0 Å². The van der Waals surface area contributed by atoms with Crippen molar-refractivity contribution in [1.29, 1.82) is 0 Å². The Hall–Kier alpha value is -1.95. The van der Waals surface area contributed by atoms with Gasteiger partial charge in [0.05, 0.1) is 17.8 Å². The van der Waals surface area contributed by atoms with E-state index in [0.717, 1.165) is 5.69 Å². The van der Waals surface area contributed by atoms with Gasteiger partial charge in [-0.05, 0) is 26.8 Å². The van der Waals surface area contributed by atoms with Gasteiger partial charge < -0.3 is 10.4 Å². The second-order valence-corrected chi connectivity index (χ2v) is 4.88. The largest absolute Gasteiger partial charge is 0.394 e. The zero-order valence-corrected chi connectivity index (χ0v) is 10.6. The minimum absolute atomic E-state index is 0.134. The maximum Gasteiger partial charge on any atom is 0.270 e. The SMILES string of the molecule is Cc1cc2nccc(C(=O)NC(C)(C)CO)n2n1. The van der Waals surface area contributed by atoms with Gasteiger partial charge in [0.2, 0.25) is 0 Å². The van der Waals surface area contributed by atoms with Gasteiger partial charge in [-0.25, -0.2) is 9.50 Å². The molecule has 0 saturated carbocycles. The highest BCUT2D eigenvalue weighted by molar-refractivity contribution is 5.93. The quantitative estimate of drug-likeness (QED) is 0.830. The highest BCUT2D eigenvalue weighted by atomic mass is 16.3. The number of fused-ring (bicyclic) bond motifs is 1. The number of aryl methyl sites for hydroxylation is 1. The van der Waals surface area contributed by atoms with Gasteiger partial charge in [0.15, 0.2) is 5.65 Å². The molecule has 0 spiro atoms. The minimum Gasteiger partial charge on any atom is -0.394 e. The molecule has 2 N–H and O–H groups in total. The van der Waals surface area contributed by atoms with Crippen molar-refractivity contribution in [3.05, 3.63) is 29.7 Å². The van der Waals surface area contributed by atoms with E-state index in [2.05, 4.69) is 15.4 Å². The molecule has 2 aromatic heterocycles. The molecule has 0 aliphatic rings. The number of nitrogens with zero attached hydrogens (tertiary/aromatic N) is 3. The smallest absolute Gasteiger partial charge is 0.270 e. The lowest BCUT2D eigenvalue weighted by molar-refractivity contribution is 0.0861.